The first-order valence-electron chi connectivity index (χ1n) is 7.87. The average Bonchev–Trinajstić information content (AvgIpc) is 3.03. The van der Waals surface area contributed by atoms with Crippen molar-refractivity contribution in [3.63, 3.8) is 0 Å². The van der Waals surface area contributed by atoms with Crippen molar-refractivity contribution in [3.05, 3.63) is 51.2 Å². The maximum absolute atomic E-state index is 12.6. The highest BCUT2D eigenvalue weighted by Crippen LogP contribution is 2.42. The van der Waals surface area contributed by atoms with Crippen molar-refractivity contribution in [2.45, 2.75) is 30.5 Å². The number of nitrogens with zero attached hydrogens (tertiary/aromatic N) is 4. The Labute approximate surface area is 147 Å². The third kappa shape index (κ3) is 2.51. The number of ketones is 1. The van der Waals surface area contributed by atoms with Crippen molar-refractivity contribution < 1.29 is 9.72 Å². The molecular weight excluding hydrogens is 342 g/mol. The number of hydrogen-bond acceptors (Lipinski definition) is 7. The van der Waals surface area contributed by atoms with Crippen molar-refractivity contribution in [2.75, 3.05) is 11.6 Å². The summed E-state index contributed by atoms with van der Waals surface area (Å²) in [5.41, 5.74) is 1.79. The van der Waals surface area contributed by atoms with Gasteiger partial charge in [0.15, 0.2) is 5.78 Å². The van der Waals surface area contributed by atoms with Gasteiger partial charge in [0, 0.05) is 23.8 Å². The Hall–Kier alpha value is -2.68. The molecule has 1 aromatic carbocycles. The van der Waals surface area contributed by atoms with Crippen LogP contribution >= 0.6 is 11.8 Å². The molecule has 2 aromatic rings. The molecule has 1 N–H and O–H groups in total. The van der Waals surface area contributed by atoms with Crippen molar-refractivity contribution in [2.24, 2.45) is 0 Å². The van der Waals surface area contributed by atoms with Crippen molar-refractivity contribution in [3.8, 4) is 0 Å². The van der Waals surface area contributed by atoms with E-state index in [0.29, 0.717) is 28.7 Å². The van der Waals surface area contributed by atoms with Crippen molar-refractivity contribution >= 4 is 29.2 Å². The SMILES string of the molecule is CSc1nc2n(n1)C(c1ccccc1[N+](=O)[O-])C1=C(CCCC1=O)N2. The van der Waals surface area contributed by atoms with Gasteiger partial charge in [0.25, 0.3) is 5.69 Å². The lowest BCUT2D eigenvalue weighted by Crippen LogP contribution is -2.31. The molecule has 4 rings (SSSR count). The Morgan fingerprint density at radius 1 is 1.36 bits per heavy atom. The molecule has 0 fully saturated rings. The summed E-state index contributed by atoms with van der Waals surface area (Å²) in [5.74, 6) is 0.518. The summed E-state index contributed by atoms with van der Waals surface area (Å²) in [5, 5.41) is 19.7. The van der Waals surface area contributed by atoms with Crippen LogP contribution in [0.1, 0.15) is 30.9 Å². The van der Waals surface area contributed by atoms with Gasteiger partial charge in [-0.3, -0.25) is 14.9 Å². The molecule has 1 unspecified atom stereocenters. The number of rotatable bonds is 3. The van der Waals surface area contributed by atoms with Crippen LogP contribution in [0.5, 0.6) is 0 Å². The minimum absolute atomic E-state index is 0.00347. The smallest absolute Gasteiger partial charge is 0.275 e. The van der Waals surface area contributed by atoms with Gasteiger partial charge in [0.2, 0.25) is 11.1 Å². The second-order valence-electron chi connectivity index (χ2n) is 5.88. The number of Topliss-reactive ketones (excluding diaryl/α,β-unsaturated/α-hetero) is 1. The number of benzene rings is 1. The molecule has 9 heteroatoms. The third-order valence-corrected chi connectivity index (χ3v) is 5.00. The lowest BCUT2D eigenvalue weighted by molar-refractivity contribution is -0.385. The topological polar surface area (TPSA) is 103 Å². The van der Waals surface area contributed by atoms with Gasteiger partial charge in [-0.25, -0.2) is 4.68 Å². The van der Waals surface area contributed by atoms with E-state index in [1.165, 1.54) is 17.8 Å². The van der Waals surface area contributed by atoms with Crippen LogP contribution in [0.4, 0.5) is 11.6 Å². The van der Waals surface area contributed by atoms with Crippen LogP contribution in [0, 0.1) is 10.1 Å². The van der Waals surface area contributed by atoms with Crippen molar-refractivity contribution in [1.82, 2.24) is 14.8 Å². The third-order valence-electron chi connectivity index (χ3n) is 4.46. The van der Waals surface area contributed by atoms with E-state index in [1.54, 1.807) is 22.9 Å². The maximum atomic E-state index is 12.6. The van der Waals surface area contributed by atoms with Crippen LogP contribution < -0.4 is 5.32 Å². The molecule has 1 atom stereocenters. The standard InChI is InChI=1S/C16H15N5O3S/c1-25-16-18-15-17-10-6-4-8-12(22)13(10)14(20(15)19-16)9-5-2-3-7-11(9)21(23)24/h2-3,5,7,14H,4,6,8H2,1H3,(H,17,18,19). The summed E-state index contributed by atoms with van der Waals surface area (Å²) in [4.78, 5) is 28.2. The van der Waals surface area contributed by atoms with E-state index in [4.69, 9.17) is 0 Å². The van der Waals surface area contributed by atoms with Gasteiger partial charge in [-0.15, -0.1) is 5.10 Å². The second kappa shape index (κ2) is 5.99. The molecule has 25 heavy (non-hydrogen) atoms. The number of nitrogens with one attached hydrogen (secondary N) is 1. The molecule has 1 aromatic heterocycles. The van der Waals surface area contributed by atoms with E-state index in [-0.39, 0.29) is 11.5 Å². The number of nitro groups is 1. The summed E-state index contributed by atoms with van der Waals surface area (Å²) in [7, 11) is 0. The van der Waals surface area contributed by atoms with E-state index in [2.05, 4.69) is 15.4 Å². The molecule has 1 aliphatic heterocycles. The molecule has 0 saturated heterocycles. The number of fused-ring (bicyclic) bond motifs is 1. The fraction of sp³-hybridized carbons (Fsp3) is 0.312. The summed E-state index contributed by atoms with van der Waals surface area (Å²) in [6, 6.07) is 5.87. The second-order valence-corrected chi connectivity index (χ2v) is 6.65. The Balaban J connectivity index is 1.97. The minimum atomic E-state index is -0.631. The Morgan fingerprint density at radius 2 is 2.16 bits per heavy atom. The molecule has 8 nitrogen and oxygen atoms in total. The summed E-state index contributed by atoms with van der Waals surface area (Å²) < 4.78 is 1.59. The first kappa shape index (κ1) is 15.8. The lowest BCUT2D eigenvalue weighted by atomic mass is 9.85. The number of aromatic nitrogens is 3. The van der Waals surface area contributed by atoms with E-state index in [0.717, 1.165) is 18.5 Å². The first-order valence-corrected chi connectivity index (χ1v) is 9.09. The molecule has 0 bridgehead atoms. The fourth-order valence-corrected chi connectivity index (χ4v) is 3.74. The number of anilines is 1. The highest BCUT2D eigenvalue weighted by Gasteiger charge is 2.39. The van der Waals surface area contributed by atoms with E-state index in [9.17, 15) is 14.9 Å². The van der Waals surface area contributed by atoms with E-state index in [1.807, 2.05) is 6.26 Å². The molecule has 1 aliphatic carbocycles. The van der Waals surface area contributed by atoms with E-state index >= 15 is 0 Å². The molecule has 0 radical (unpaired) electrons. The highest BCUT2D eigenvalue weighted by atomic mass is 32.2. The molecule has 0 amide bonds. The van der Waals surface area contributed by atoms with Crippen molar-refractivity contribution in [1.29, 1.82) is 0 Å². The average molecular weight is 357 g/mol. The summed E-state index contributed by atoms with van der Waals surface area (Å²) in [6.45, 7) is 0. The number of allylic oxidation sites excluding steroid dienone is 2. The molecule has 0 saturated carbocycles. The summed E-state index contributed by atoms with van der Waals surface area (Å²) in [6.07, 6.45) is 3.79. The highest BCUT2D eigenvalue weighted by molar-refractivity contribution is 7.98. The fourth-order valence-electron chi connectivity index (χ4n) is 3.40. The zero-order chi connectivity index (χ0) is 17.6. The number of carbonyl (C=O) groups is 1. The van der Waals surface area contributed by atoms with Gasteiger partial charge in [0.1, 0.15) is 6.04 Å². The monoisotopic (exact) mass is 357 g/mol. The normalized spacial score (nSPS) is 19.2. The predicted octanol–water partition coefficient (Wildman–Crippen LogP) is 2.93. The molecule has 2 aliphatic rings. The van der Waals surface area contributed by atoms with Crippen LogP contribution in [0.15, 0.2) is 40.7 Å². The molecule has 0 spiro atoms. The molecule has 2 heterocycles. The van der Waals surface area contributed by atoms with Gasteiger partial charge in [-0.05, 0) is 25.2 Å². The molecule has 128 valence electrons. The van der Waals surface area contributed by atoms with Gasteiger partial charge in [-0.1, -0.05) is 23.9 Å². The number of hydrogen-bond donors (Lipinski definition) is 1. The Bertz CT molecular complexity index is 920. The number of carbonyl (C=O) groups excluding carboxylic acids is 1. The number of thioether (sulfide) groups is 1. The van der Waals surface area contributed by atoms with Crippen LogP contribution in [0.3, 0.4) is 0 Å². The quantitative estimate of drug-likeness (QED) is 0.512. The van der Waals surface area contributed by atoms with Crippen LogP contribution in [0.25, 0.3) is 0 Å². The zero-order valence-corrected chi connectivity index (χ0v) is 14.2. The maximum Gasteiger partial charge on any atom is 0.275 e. The minimum Gasteiger partial charge on any atom is -0.328 e. The Kier molecular flexibility index (Phi) is 3.79. The zero-order valence-electron chi connectivity index (χ0n) is 13.4. The largest absolute Gasteiger partial charge is 0.328 e. The number of nitro benzene ring substituents is 1. The summed E-state index contributed by atoms with van der Waals surface area (Å²) >= 11 is 1.38. The van der Waals surface area contributed by atoms with Crippen LogP contribution in [-0.2, 0) is 4.79 Å². The van der Waals surface area contributed by atoms with Gasteiger partial charge in [-0.2, -0.15) is 4.98 Å². The van der Waals surface area contributed by atoms with Gasteiger partial charge < -0.3 is 5.32 Å². The number of para-hydroxylation sites is 1. The van der Waals surface area contributed by atoms with Crippen LogP contribution in [0.2, 0.25) is 0 Å². The van der Waals surface area contributed by atoms with E-state index < -0.39 is 11.0 Å². The Morgan fingerprint density at radius 3 is 2.92 bits per heavy atom. The lowest BCUT2D eigenvalue weighted by Gasteiger charge is -2.31. The molecular formula is C16H15N5O3S. The van der Waals surface area contributed by atoms with Gasteiger partial charge >= 0.3 is 0 Å². The van der Waals surface area contributed by atoms with Crippen LogP contribution in [-0.4, -0.2) is 31.7 Å². The van der Waals surface area contributed by atoms with Gasteiger partial charge in [0.05, 0.1) is 10.5 Å². The predicted molar refractivity (Wildman–Crippen MR) is 92.5 cm³/mol. The first-order chi connectivity index (χ1) is 12.1.